The van der Waals surface area contributed by atoms with E-state index in [1.54, 1.807) is 11.0 Å². The highest BCUT2D eigenvalue weighted by Gasteiger charge is 2.29. The molecule has 1 aliphatic rings. The van der Waals surface area contributed by atoms with Gasteiger partial charge in [0.25, 0.3) is 5.91 Å². The molecule has 1 aliphatic heterocycles. The molecule has 0 atom stereocenters. The van der Waals surface area contributed by atoms with E-state index in [1.165, 1.54) is 6.20 Å². The molecule has 0 saturated carbocycles. The first-order chi connectivity index (χ1) is 12.7. The number of carbonyl (C=O) groups is 2. The summed E-state index contributed by atoms with van der Waals surface area (Å²) in [6.45, 7) is 6.85. The Morgan fingerprint density at radius 1 is 1.37 bits per heavy atom. The van der Waals surface area contributed by atoms with Crippen LogP contribution in [0.3, 0.4) is 0 Å². The van der Waals surface area contributed by atoms with Crippen molar-refractivity contribution in [3.05, 3.63) is 17.8 Å². The number of ether oxygens (including phenoxy) is 1. The fourth-order valence-corrected chi connectivity index (χ4v) is 2.87. The topological polar surface area (TPSA) is 108 Å². The summed E-state index contributed by atoms with van der Waals surface area (Å²) in [5.41, 5.74) is -0.108. The van der Waals surface area contributed by atoms with Crippen molar-refractivity contribution < 1.29 is 19.4 Å². The lowest BCUT2D eigenvalue weighted by molar-refractivity contribution is 0.0205. The quantitative estimate of drug-likeness (QED) is 0.787. The molecule has 2 amide bonds. The molecule has 27 heavy (non-hydrogen) atoms. The van der Waals surface area contributed by atoms with E-state index in [4.69, 9.17) is 9.84 Å². The Kier molecular flexibility index (Phi) is 6.95. The summed E-state index contributed by atoms with van der Waals surface area (Å²) < 4.78 is 5.42. The van der Waals surface area contributed by atoms with Crippen molar-refractivity contribution in [3.63, 3.8) is 0 Å². The Morgan fingerprint density at radius 3 is 2.63 bits per heavy atom. The van der Waals surface area contributed by atoms with Crippen molar-refractivity contribution >= 4 is 17.8 Å². The van der Waals surface area contributed by atoms with Crippen LogP contribution in [0.25, 0.3) is 0 Å². The SMILES string of the molecule is CN(c1cc(C(=O)NCCO)cnn1)C1CCN(C(=O)OC(C)(C)C)CC1. The summed E-state index contributed by atoms with van der Waals surface area (Å²) in [6, 6.07) is 1.87. The number of nitrogens with one attached hydrogen (secondary N) is 1. The van der Waals surface area contributed by atoms with Crippen LogP contribution in [0.2, 0.25) is 0 Å². The smallest absolute Gasteiger partial charge is 0.410 e. The highest BCUT2D eigenvalue weighted by molar-refractivity contribution is 5.94. The van der Waals surface area contributed by atoms with E-state index < -0.39 is 5.60 Å². The second-order valence-corrected chi connectivity index (χ2v) is 7.59. The molecule has 0 aliphatic carbocycles. The first-order valence-electron chi connectivity index (χ1n) is 9.14. The van der Waals surface area contributed by atoms with Crippen LogP contribution in [0.15, 0.2) is 12.3 Å². The van der Waals surface area contributed by atoms with Gasteiger partial charge >= 0.3 is 6.09 Å². The van der Waals surface area contributed by atoms with Crippen LogP contribution >= 0.6 is 0 Å². The standard InChI is InChI=1S/C18H29N5O4/c1-18(2,3)27-17(26)23-8-5-14(6-9-23)22(4)15-11-13(12-20-21-15)16(25)19-7-10-24/h11-12,14,24H,5-10H2,1-4H3,(H,19,25). The molecule has 9 heteroatoms. The number of anilines is 1. The Bertz CT molecular complexity index is 653. The van der Waals surface area contributed by atoms with Crippen LogP contribution in [0.4, 0.5) is 10.6 Å². The van der Waals surface area contributed by atoms with E-state index in [2.05, 4.69) is 15.5 Å². The number of aromatic nitrogens is 2. The lowest BCUT2D eigenvalue weighted by atomic mass is 10.0. The second kappa shape index (κ2) is 8.98. The van der Waals surface area contributed by atoms with Gasteiger partial charge in [0.05, 0.1) is 18.4 Å². The highest BCUT2D eigenvalue weighted by atomic mass is 16.6. The van der Waals surface area contributed by atoms with Crippen molar-refractivity contribution in [1.82, 2.24) is 20.4 Å². The molecule has 0 aromatic carbocycles. The van der Waals surface area contributed by atoms with Crippen molar-refractivity contribution in [2.45, 2.75) is 45.3 Å². The van der Waals surface area contributed by atoms with Gasteiger partial charge in [-0.3, -0.25) is 4.79 Å². The van der Waals surface area contributed by atoms with Gasteiger partial charge in [-0.2, -0.15) is 5.10 Å². The molecule has 1 saturated heterocycles. The minimum absolute atomic E-state index is 0.118. The lowest BCUT2D eigenvalue weighted by Gasteiger charge is -2.37. The molecule has 1 fully saturated rings. The monoisotopic (exact) mass is 379 g/mol. The number of likely N-dealkylation sites (tertiary alicyclic amines) is 1. The Labute approximate surface area is 159 Å². The van der Waals surface area contributed by atoms with E-state index in [1.807, 2.05) is 32.7 Å². The Balaban J connectivity index is 1.95. The van der Waals surface area contributed by atoms with Crippen LogP contribution in [0.1, 0.15) is 44.0 Å². The molecule has 1 aromatic heterocycles. The summed E-state index contributed by atoms with van der Waals surface area (Å²) in [6.07, 6.45) is 2.66. The van der Waals surface area contributed by atoms with Gasteiger partial charge in [-0.1, -0.05) is 0 Å². The number of hydrogen-bond acceptors (Lipinski definition) is 7. The van der Waals surface area contributed by atoms with Crippen molar-refractivity contribution in [2.75, 3.05) is 38.2 Å². The maximum Gasteiger partial charge on any atom is 0.410 e. The highest BCUT2D eigenvalue weighted by Crippen LogP contribution is 2.22. The van der Waals surface area contributed by atoms with E-state index in [-0.39, 0.29) is 31.2 Å². The van der Waals surface area contributed by atoms with E-state index in [0.29, 0.717) is 24.5 Å². The third-order valence-corrected chi connectivity index (χ3v) is 4.33. The largest absolute Gasteiger partial charge is 0.444 e. The number of carbonyl (C=O) groups excluding carboxylic acids is 2. The van der Waals surface area contributed by atoms with Crippen molar-refractivity contribution in [1.29, 1.82) is 0 Å². The van der Waals surface area contributed by atoms with Gasteiger partial charge in [0, 0.05) is 32.7 Å². The van der Waals surface area contributed by atoms with Crippen LogP contribution in [-0.4, -0.2) is 77.1 Å². The number of nitrogens with zero attached hydrogens (tertiary/aromatic N) is 4. The molecule has 2 heterocycles. The predicted octanol–water partition coefficient (Wildman–Crippen LogP) is 1.03. The third-order valence-electron chi connectivity index (χ3n) is 4.33. The van der Waals surface area contributed by atoms with Crippen LogP contribution < -0.4 is 10.2 Å². The van der Waals surface area contributed by atoms with E-state index in [9.17, 15) is 9.59 Å². The van der Waals surface area contributed by atoms with Crippen molar-refractivity contribution in [3.8, 4) is 0 Å². The zero-order chi connectivity index (χ0) is 20.0. The summed E-state index contributed by atoms with van der Waals surface area (Å²) in [4.78, 5) is 27.9. The zero-order valence-electron chi connectivity index (χ0n) is 16.4. The van der Waals surface area contributed by atoms with Gasteiger partial charge in [0.15, 0.2) is 5.82 Å². The number of amides is 2. The molecular formula is C18H29N5O4. The first kappa shape index (κ1) is 20.9. The summed E-state index contributed by atoms with van der Waals surface area (Å²) in [7, 11) is 1.91. The Hall–Kier alpha value is -2.42. The van der Waals surface area contributed by atoms with Gasteiger partial charge in [-0.05, 0) is 39.7 Å². The average Bonchev–Trinajstić information content (AvgIpc) is 2.64. The zero-order valence-corrected chi connectivity index (χ0v) is 16.4. The van der Waals surface area contributed by atoms with Gasteiger partial charge < -0.3 is 25.0 Å². The number of hydrogen-bond donors (Lipinski definition) is 2. The lowest BCUT2D eigenvalue weighted by Crippen LogP contribution is -2.47. The molecule has 150 valence electrons. The van der Waals surface area contributed by atoms with E-state index in [0.717, 1.165) is 12.8 Å². The fraction of sp³-hybridized carbons (Fsp3) is 0.667. The molecule has 2 rings (SSSR count). The molecule has 0 unspecified atom stereocenters. The van der Waals surface area contributed by atoms with Crippen LogP contribution in [-0.2, 0) is 4.74 Å². The van der Waals surface area contributed by atoms with Gasteiger partial charge in [-0.25, -0.2) is 4.79 Å². The average molecular weight is 379 g/mol. The molecule has 1 aromatic rings. The summed E-state index contributed by atoms with van der Waals surface area (Å²) in [5, 5.41) is 19.4. The van der Waals surface area contributed by atoms with Gasteiger partial charge in [0.1, 0.15) is 5.60 Å². The van der Waals surface area contributed by atoms with Gasteiger partial charge in [-0.15, -0.1) is 5.10 Å². The molecular weight excluding hydrogens is 350 g/mol. The summed E-state index contributed by atoms with van der Waals surface area (Å²) in [5.74, 6) is 0.302. The third kappa shape index (κ3) is 6.06. The maximum atomic E-state index is 12.2. The Morgan fingerprint density at radius 2 is 2.04 bits per heavy atom. The molecule has 9 nitrogen and oxygen atoms in total. The van der Waals surface area contributed by atoms with E-state index >= 15 is 0 Å². The predicted molar refractivity (Wildman–Crippen MR) is 101 cm³/mol. The normalized spacial score (nSPS) is 15.4. The van der Waals surface area contributed by atoms with Crippen LogP contribution in [0, 0.1) is 0 Å². The fourth-order valence-electron chi connectivity index (χ4n) is 2.87. The number of piperidine rings is 1. The second-order valence-electron chi connectivity index (χ2n) is 7.59. The molecule has 0 radical (unpaired) electrons. The molecule has 0 bridgehead atoms. The molecule has 2 N–H and O–H groups in total. The summed E-state index contributed by atoms with van der Waals surface area (Å²) >= 11 is 0. The molecule has 0 spiro atoms. The van der Waals surface area contributed by atoms with Crippen LogP contribution in [0.5, 0.6) is 0 Å². The van der Waals surface area contributed by atoms with Crippen molar-refractivity contribution in [2.24, 2.45) is 0 Å². The van der Waals surface area contributed by atoms with Gasteiger partial charge in [0.2, 0.25) is 0 Å². The minimum atomic E-state index is -0.503. The number of aliphatic hydroxyl groups is 1. The minimum Gasteiger partial charge on any atom is -0.444 e. The first-order valence-corrected chi connectivity index (χ1v) is 9.14. The maximum absolute atomic E-state index is 12.2. The number of aliphatic hydroxyl groups excluding tert-OH is 1. The number of rotatable bonds is 5.